The minimum Gasteiger partial charge on any atom is -0.310 e. The molecule has 12 rings (SSSR count). The summed E-state index contributed by atoms with van der Waals surface area (Å²) in [5, 5.41) is 4.88. The molecule has 0 unspecified atom stereocenters. The molecule has 276 valence electrons. The average molecular weight is 751 g/mol. The maximum Gasteiger partial charge on any atom is 0.0727 e. The van der Waals surface area contributed by atoms with Crippen LogP contribution in [0.1, 0.15) is 22.3 Å². The summed E-state index contributed by atoms with van der Waals surface area (Å²) in [6.45, 7) is 0. The molecule has 0 aliphatic heterocycles. The normalized spacial score (nSPS) is 14.5. The SMILES string of the molecule is c1ccc(N(c2ccc3ccccc3c2)c2cccc3c2-c2ccccc2[C@@]32c3ccccc3-c3ccc(N(c4ccccc4)c4cccc5ccccc45)cc32)cc1. The van der Waals surface area contributed by atoms with E-state index < -0.39 is 5.41 Å². The lowest BCUT2D eigenvalue weighted by Crippen LogP contribution is -2.26. The van der Waals surface area contributed by atoms with Crippen LogP contribution in [0, 0.1) is 0 Å². The van der Waals surface area contributed by atoms with Gasteiger partial charge < -0.3 is 9.80 Å². The molecule has 59 heavy (non-hydrogen) atoms. The monoisotopic (exact) mass is 750 g/mol. The van der Waals surface area contributed by atoms with Gasteiger partial charge in [0.15, 0.2) is 0 Å². The summed E-state index contributed by atoms with van der Waals surface area (Å²) in [5.74, 6) is 0. The van der Waals surface area contributed by atoms with Crippen molar-refractivity contribution < 1.29 is 0 Å². The van der Waals surface area contributed by atoms with E-state index in [0.717, 1.165) is 34.1 Å². The van der Waals surface area contributed by atoms with Gasteiger partial charge in [-0.05, 0) is 116 Å². The minimum atomic E-state index is -0.545. The fourth-order valence-corrected chi connectivity index (χ4v) is 10.2. The van der Waals surface area contributed by atoms with Gasteiger partial charge in [0, 0.05) is 33.7 Å². The molecule has 2 aliphatic carbocycles. The number of benzene rings is 10. The van der Waals surface area contributed by atoms with Crippen molar-refractivity contribution >= 4 is 55.7 Å². The zero-order valence-corrected chi connectivity index (χ0v) is 32.3. The molecule has 10 aromatic rings. The van der Waals surface area contributed by atoms with E-state index in [1.165, 1.54) is 66.1 Å². The first-order valence-corrected chi connectivity index (χ1v) is 20.4. The zero-order chi connectivity index (χ0) is 38.9. The molecule has 0 saturated carbocycles. The molecule has 0 radical (unpaired) electrons. The van der Waals surface area contributed by atoms with Crippen molar-refractivity contribution in [1.82, 2.24) is 0 Å². The molecular formula is C57H38N2. The third kappa shape index (κ3) is 4.93. The number of hydrogen-bond donors (Lipinski definition) is 0. The molecular weight excluding hydrogens is 713 g/mol. The Morgan fingerprint density at radius 1 is 0.271 bits per heavy atom. The van der Waals surface area contributed by atoms with Crippen molar-refractivity contribution in [3.05, 3.63) is 253 Å². The molecule has 1 atom stereocenters. The molecule has 2 nitrogen and oxygen atoms in total. The summed E-state index contributed by atoms with van der Waals surface area (Å²) >= 11 is 0. The van der Waals surface area contributed by atoms with Crippen molar-refractivity contribution in [1.29, 1.82) is 0 Å². The Hall–Kier alpha value is -7.68. The maximum atomic E-state index is 2.49. The number of para-hydroxylation sites is 2. The number of nitrogens with zero attached hydrogens (tertiary/aromatic N) is 2. The van der Waals surface area contributed by atoms with Crippen molar-refractivity contribution in [2.45, 2.75) is 5.41 Å². The largest absolute Gasteiger partial charge is 0.310 e. The van der Waals surface area contributed by atoms with Crippen LogP contribution in [0.5, 0.6) is 0 Å². The summed E-state index contributed by atoms with van der Waals surface area (Å²) in [4.78, 5) is 4.89. The topological polar surface area (TPSA) is 6.48 Å². The van der Waals surface area contributed by atoms with E-state index in [1.54, 1.807) is 0 Å². The summed E-state index contributed by atoms with van der Waals surface area (Å²) < 4.78 is 0. The lowest BCUT2D eigenvalue weighted by Gasteiger charge is -2.33. The maximum absolute atomic E-state index is 2.49. The van der Waals surface area contributed by atoms with Crippen molar-refractivity contribution in [3.63, 3.8) is 0 Å². The minimum absolute atomic E-state index is 0.545. The fraction of sp³-hybridized carbons (Fsp3) is 0.0175. The first-order chi connectivity index (χ1) is 29.3. The van der Waals surface area contributed by atoms with Crippen LogP contribution < -0.4 is 9.80 Å². The first-order valence-electron chi connectivity index (χ1n) is 20.4. The molecule has 0 amide bonds. The molecule has 0 heterocycles. The summed E-state index contributed by atoms with van der Waals surface area (Å²) in [5.41, 5.74) is 16.6. The predicted octanol–water partition coefficient (Wildman–Crippen LogP) is 15.3. The molecule has 1 spiro atoms. The molecule has 0 fully saturated rings. The van der Waals surface area contributed by atoms with Crippen LogP contribution in [-0.4, -0.2) is 0 Å². The van der Waals surface area contributed by atoms with Crippen LogP contribution >= 0.6 is 0 Å². The number of hydrogen-bond acceptors (Lipinski definition) is 2. The average Bonchev–Trinajstić information content (AvgIpc) is 3.78. The highest BCUT2D eigenvalue weighted by Crippen LogP contribution is 2.65. The van der Waals surface area contributed by atoms with Crippen molar-refractivity contribution in [2.24, 2.45) is 0 Å². The van der Waals surface area contributed by atoms with Crippen molar-refractivity contribution in [3.8, 4) is 22.3 Å². The second-order valence-electron chi connectivity index (χ2n) is 15.6. The third-order valence-electron chi connectivity index (χ3n) is 12.6. The Morgan fingerprint density at radius 3 is 1.56 bits per heavy atom. The predicted molar refractivity (Wildman–Crippen MR) is 247 cm³/mol. The Balaban J connectivity index is 1.14. The molecule has 0 aromatic heterocycles. The smallest absolute Gasteiger partial charge is 0.0727 e. The highest BCUT2D eigenvalue weighted by atomic mass is 15.2. The Labute approximate surface area is 344 Å². The number of fused-ring (bicyclic) bond motifs is 12. The van der Waals surface area contributed by atoms with E-state index in [9.17, 15) is 0 Å². The lowest BCUT2D eigenvalue weighted by molar-refractivity contribution is 0.793. The zero-order valence-electron chi connectivity index (χ0n) is 32.3. The summed E-state index contributed by atoms with van der Waals surface area (Å²) in [7, 11) is 0. The summed E-state index contributed by atoms with van der Waals surface area (Å²) in [6.07, 6.45) is 0. The van der Waals surface area contributed by atoms with Gasteiger partial charge in [0.05, 0.1) is 16.8 Å². The van der Waals surface area contributed by atoms with E-state index in [0.29, 0.717) is 0 Å². The van der Waals surface area contributed by atoms with E-state index in [4.69, 9.17) is 0 Å². The first kappa shape index (κ1) is 33.5. The van der Waals surface area contributed by atoms with Gasteiger partial charge >= 0.3 is 0 Å². The Kier molecular flexibility index (Phi) is 7.48. The van der Waals surface area contributed by atoms with Crippen LogP contribution in [0.15, 0.2) is 231 Å². The molecule has 0 bridgehead atoms. The summed E-state index contributed by atoms with van der Waals surface area (Å²) in [6, 6.07) is 84.9. The fourth-order valence-electron chi connectivity index (χ4n) is 10.2. The van der Waals surface area contributed by atoms with Crippen molar-refractivity contribution in [2.75, 3.05) is 9.80 Å². The van der Waals surface area contributed by atoms with Gasteiger partial charge in [-0.15, -0.1) is 0 Å². The van der Waals surface area contributed by atoms with Crippen LogP contribution in [0.3, 0.4) is 0 Å². The number of anilines is 6. The lowest BCUT2D eigenvalue weighted by atomic mass is 9.70. The highest BCUT2D eigenvalue weighted by Gasteiger charge is 2.52. The van der Waals surface area contributed by atoms with E-state index in [2.05, 4.69) is 240 Å². The van der Waals surface area contributed by atoms with Crippen LogP contribution in [0.25, 0.3) is 43.8 Å². The Morgan fingerprint density at radius 2 is 0.780 bits per heavy atom. The molecule has 10 aromatic carbocycles. The van der Waals surface area contributed by atoms with Gasteiger partial charge in [-0.2, -0.15) is 0 Å². The second kappa shape index (κ2) is 13.2. The van der Waals surface area contributed by atoms with Gasteiger partial charge in [0.25, 0.3) is 0 Å². The van der Waals surface area contributed by atoms with Crippen LogP contribution in [0.2, 0.25) is 0 Å². The van der Waals surface area contributed by atoms with Gasteiger partial charge in [-0.25, -0.2) is 0 Å². The van der Waals surface area contributed by atoms with E-state index in [-0.39, 0.29) is 0 Å². The van der Waals surface area contributed by atoms with Gasteiger partial charge in [0.2, 0.25) is 0 Å². The van der Waals surface area contributed by atoms with Gasteiger partial charge in [-0.3, -0.25) is 0 Å². The standard InChI is InChI=1S/C57H38N2/c1-3-21-42(22-4-1)58(54-31-15-20-40-18-9-10-25-46(40)54)45-35-36-48-47-26-11-13-28-50(47)57(53(48)38-45)51-29-14-12-27-49(51)56-52(57)30-16-32-55(56)59(43-23-5-2-6-24-43)44-34-33-39-17-7-8-19-41(39)37-44/h1-38H/t57-/m0/s1. The quantitative estimate of drug-likeness (QED) is 0.167. The van der Waals surface area contributed by atoms with E-state index in [1.807, 2.05) is 0 Å². The second-order valence-corrected chi connectivity index (χ2v) is 15.6. The highest BCUT2D eigenvalue weighted by molar-refractivity contribution is 6.03. The molecule has 0 N–H and O–H groups in total. The van der Waals surface area contributed by atoms with Gasteiger partial charge in [-0.1, -0.05) is 170 Å². The third-order valence-corrected chi connectivity index (χ3v) is 12.6. The van der Waals surface area contributed by atoms with Gasteiger partial charge in [0.1, 0.15) is 0 Å². The molecule has 0 saturated heterocycles. The van der Waals surface area contributed by atoms with E-state index >= 15 is 0 Å². The molecule has 2 aliphatic rings. The Bertz CT molecular complexity index is 3240. The van der Waals surface area contributed by atoms with Crippen LogP contribution in [-0.2, 0) is 5.41 Å². The van der Waals surface area contributed by atoms with Crippen LogP contribution in [0.4, 0.5) is 34.1 Å². The number of rotatable bonds is 6. The molecule has 2 heteroatoms.